The van der Waals surface area contributed by atoms with Crippen molar-refractivity contribution in [1.29, 1.82) is 0 Å². The fourth-order valence-corrected chi connectivity index (χ4v) is 9.06. The van der Waals surface area contributed by atoms with Crippen LogP contribution < -0.4 is 4.90 Å². The van der Waals surface area contributed by atoms with Gasteiger partial charge in [0.05, 0.1) is 23.1 Å². The van der Waals surface area contributed by atoms with Gasteiger partial charge in [0.15, 0.2) is 11.9 Å². The summed E-state index contributed by atoms with van der Waals surface area (Å²) in [6.07, 6.45) is 7.51. The van der Waals surface area contributed by atoms with Crippen LogP contribution >= 0.6 is 0 Å². The lowest BCUT2D eigenvalue weighted by atomic mass is 9.86. The van der Waals surface area contributed by atoms with Crippen molar-refractivity contribution in [2.75, 3.05) is 31.6 Å². The second-order valence-electron chi connectivity index (χ2n) is 18.6. The molecule has 55 heavy (non-hydrogen) atoms. The van der Waals surface area contributed by atoms with Gasteiger partial charge in [-0.25, -0.2) is 9.78 Å². The van der Waals surface area contributed by atoms with E-state index in [1.54, 1.807) is 4.52 Å². The van der Waals surface area contributed by atoms with Crippen molar-refractivity contribution in [1.82, 2.24) is 24.5 Å². The Morgan fingerprint density at radius 1 is 0.873 bits per heavy atom. The molecule has 2 saturated heterocycles. The average Bonchev–Trinajstić information content (AvgIpc) is 3.66. The van der Waals surface area contributed by atoms with E-state index in [9.17, 15) is 9.59 Å². The Hall–Kier alpha value is -3.92. The first-order chi connectivity index (χ1) is 26.0. The standard InChI is InChI=1S/C42H60N6O5Si2/c1-42(2,3)53-41(50)47-33-16-17-34(47)24-32(23-33)38-36(27-49)40(46(28-51-19-21-54(4,5)6)29-52-20-22-55(7,8)9)48-39(45-38)35(26-44-48)31-15-18-37(43-25-31)30-13-11-10-12-14-30/h10-15,18,25-27,32-34H,16-17,19-24,28-29H2,1-9H3/t32-,33+,34-. The van der Waals surface area contributed by atoms with E-state index < -0.39 is 21.7 Å². The largest absolute Gasteiger partial charge is 0.444 e. The number of aromatic nitrogens is 4. The number of fused-ring (bicyclic) bond motifs is 3. The number of carbonyl (C=O) groups is 2. The third-order valence-corrected chi connectivity index (χ3v) is 13.9. The highest BCUT2D eigenvalue weighted by Gasteiger charge is 2.46. The molecule has 1 amide bonds. The molecule has 0 radical (unpaired) electrons. The lowest BCUT2D eigenvalue weighted by Gasteiger charge is -2.39. The van der Waals surface area contributed by atoms with Crippen molar-refractivity contribution in [3.8, 4) is 22.4 Å². The maximum Gasteiger partial charge on any atom is 0.410 e. The third-order valence-electron chi connectivity index (χ3n) is 10.5. The van der Waals surface area contributed by atoms with Gasteiger partial charge in [-0.15, -0.1) is 0 Å². The minimum atomic E-state index is -1.34. The summed E-state index contributed by atoms with van der Waals surface area (Å²) in [5.74, 6) is 0.557. The number of hydrogen-bond acceptors (Lipinski definition) is 9. The zero-order valence-corrected chi connectivity index (χ0v) is 36.3. The number of anilines is 1. The summed E-state index contributed by atoms with van der Waals surface area (Å²) in [4.78, 5) is 40.9. The Kier molecular flexibility index (Phi) is 12.3. The minimum absolute atomic E-state index is 0.00425. The molecule has 0 unspecified atom stereocenters. The maximum absolute atomic E-state index is 13.4. The van der Waals surface area contributed by atoms with Gasteiger partial charge < -0.3 is 24.0 Å². The van der Waals surface area contributed by atoms with Gasteiger partial charge in [-0.3, -0.25) is 9.78 Å². The van der Waals surface area contributed by atoms with Crippen molar-refractivity contribution in [3.05, 3.63) is 66.1 Å². The van der Waals surface area contributed by atoms with Gasteiger partial charge in [0.2, 0.25) is 0 Å². The molecule has 6 rings (SSSR count). The summed E-state index contributed by atoms with van der Waals surface area (Å²) in [6, 6.07) is 16.2. The second kappa shape index (κ2) is 16.7. The Morgan fingerprint density at radius 2 is 1.49 bits per heavy atom. The van der Waals surface area contributed by atoms with E-state index in [1.807, 2.05) is 79.4 Å². The van der Waals surface area contributed by atoms with Crippen molar-refractivity contribution >= 4 is 40.0 Å². The van der Waals surface area contributed by atoms with Gasteiger partial charge >= 0.3 is 6.09 Å². The van der Waals surface area contributed by atoms with E-state index in [-0.39, 0.29) is 37.6 Å². The van der Waals surface area contributed by atoms with E-state index in [4.69, 9.17) is 29.3 Å². The maximum atomic E-state index is 13.4. The summed E-state index contributed by atoms with van der Waals surface area (Å²) in [6.45, 7) is 21.5. The zero-order valence-electron chi connectivity index (χ0n) is 34.3. The van der Waals surface area contributed by atoms with E-state index in [2.05, 4.69) is 45.3 Å². The molecular weight excluding hydrogens is 725 g/mol. The van der Waals surface area contributed by atoms with E-state index in [1.165, 1.54) is 0 Å². The molecule has 1 aromatic carbocycles. The highest BCUT2D eigenvalue weighted by Crippen LogP contribution is 2.45. The smallest absolute Gasteiger partial charge is 0.410 e. The van der Waals surface area contributed by atoms with Gasteiger partial charge in [0, 0.05) is 70.3 Å². The number of ether oxygens (including phenoxy) is 3. The number of pyridine rings is 1. The Morgan fingerprint density at radius 3 is 2.02 bits per heavy atom. The van der Waals surface area contributed by atoms with Crippen LogP contribution in [0.15, 0.2) is 54.9 Å². The quantitative estimate of drug-likeness (QED) is 0.0504. The predicted molar refractivity (Wildman–Crippen MR) is 224 cm³/mol. The molecule has 2 aliphatic heterocycles. The second-order valence-corrected chi connectivity index (χ2v) is 29.9. The summed E-state index contributed by atoms with van der Waals surface area (Å²) in [5.41, 5.74) is 4.88. The molecule has 0 aliphatic carbocycles. The fourth-order valence-electron chi connectivity index (χ4n) is 7.55. The van der Waals surface area contributed by atoms with Crippen LogP contribution in [0.25, 0.3) is 28.0 Å². The molecular formula is C42H60N6O5Si2. The molecule has 3 atom stereocenters. The number of hydrogen-bond donors (Lipinski definition) is 0. The van der Waals surface area contributed by atoms with Crippen molar-refractivity contribution in [3.63, 3.8) is 0 Å². The Bertz CT molecular complexity index is 1900. The van der Waals surface area contributed by atoms with Crippen LogP contribution in [0.4, 0.5) is 10.6 Å². The first-order valence-corrected chi connectivity index (χ1v) is 27.2. The average molecular weight is 785 g/mol. The van der Waals surface area contributed by atoms with Crippen LogP contribution in [-0.2, 0) is 14.2 Å². The molecule has 2 bridgehead atoms. The Labute approximate surface area is 328 Å². The molecule has 11 nitrogen and oxygen atoms in total. The van der Waals surface area contributed by atoms with Gasteiger partial charge in [0.1, 0.15) is 24.9 Å². The van der Waals surface area contributed by atoms with Crippen LogP contribution in [0.2, 0.25) is 51.4 Å². The molecule has 2 fully saturated rings. The third kappa shape index (κ3) is 10.1. The topological polar surface area (TPSA) is 111 Å². The van der Waals surface area contributed by atoms with Crippen molar-refractivity contribution in [2.45, 2.75) is 121 Å². The number of rotatable bonds is 15. The lowest BCUT2D eigenvalue weighted by molar-refractivity contribution is 0.00564. The number of carbonyl (C=O) groups excluding carboxylic acids is 2. The van der Waals surface area contributed by atoms with Crippen LogP contribution in [0.5, 0.6) is 0 Å². The van der Waals surface area contributed by atoms with E-state index in [0.29, 0.717) is 43.1 Å². The minimum Gasteiger partial charge on any atom is -0.444 e. The summed E-state index contributed by atoms with van der Waals surface area (Å²) >= 11 is 0. The number of piperidine rings is 1. The summed E-state index contributed by atoms with van der Waals surface area (Å²) < 4.78 is 20.4. The number of aldehydes is 1. The molecule has 0 saturated carbocycles. The highest BCUT2D eigenvalue weighted by atomic mass is 28.3. The Balaban J connectivity index is 1.42. The zero-order chi connectivity index (χ0) is 39.5. The van der Waals surface area contributed by atoms with E-state index >= 15 is 0 Å². The van der Waals surface area contributed by atoms with Crippen LogP contribution in [-0.4, -0.2) is 97.4 Å². The molecule has 13 heteroatoms. The van der Waals surface area contributed by atoms with Gasteiger partial charge in [0.25, 0.3) is 0 Å². The molecule has 5 heterocycles. The molecule has 2 aliphatic rings. The first-order valence-electron chi connectivity index (χ1n) is 19.8. The van der Waals surface area contributed by atoms with Crippen molar-refractivity contribution in [2.24, 2.45) is 0 Å². The lowest BCUT2D eigenvalue weighted by Crippen LogP contribution is -2.48. The number of amides is 1. The normalized spacial score (nSPS) is 18.9. The van der Waals surface area contributed by atoms with Crippen LogP contribution in [0, 0.1) is 0 Å². The first kappa shape index (κ1) is 40.7. The van der Waals surface area contributed by atoms with Gasteiger partial charge in [-0.05, 0) is 64.6 Å². The number of benzene rings is 1. The fraction of sp³-hybridized carbons (Fsp3) is 0.548. The SMILES string of the molecule is CC(C)(C)OC(=O)N1[C@@H]2CC[C@H]1C[C@@H](c1nc3c(-c4ccc(-c5ccccc5)nc4)cnn3c(N(COCC[Si](C)(C)C)COCC[Si](C)(C)C)c1C=O)C2. The molecule has 4 aromatic rings. The van der Waals surface area contributed by atoms with Crippen LogP contribution in [0.1, 0.15) is 68.4 Å². The van der Waals surface area contributed by atoms with Crippen molar-refractivity contribution < 1.29 is 23.8 Å². The molecule has 0 spiro atoms. The summed E-state index contributed by atoms with van der Waals surface area (Å²) in [5, 5.41) is 4.90. The molecule has 0 N–H and O–H groups in total. The summed E-state index contributed by atoms with van der Waals surface area (Å²) in [7, 11) is -2.69. The van der Waals surface area contributed by atoms with Gasteiger partial charge in [-0.1, -0.05) is 75.7 Å². The molecule has 3 aromatic heterocycles. The number of nitrogens with zero attached hydrogens (tertiary/aromatic N) is 6. The predicted octanol–water partition coefficient (Wildman–Crippen LogP) is 9.35. The highest BCUT2D eigenvalue weighted by molar-refractivity contribution is 6.76. The van der Waals surface area contributed by atoms with Gasteiger partial charge in [-0.2, -0.15) is 9.61 Å². The van der Waals surface area contributed by atoms with Crippen LogP contribution in [0.3, 0.4) is 0 Å². The monoisotopic (exact) mass is 784 g/mol. The molecule has 296 valence electrons. The van der Waals surface area contributed by atoms with E-state index in [0.717, 1.165) is 59.3 Å².